The van der Waals surface area contributed by atoms with E-state index in [9.17, 15) is 0 Å². The van der Waals surface area contributed by atoms with E-state index in [1.54, 1.807) is 7.11 Å². The summed E-state index contributed by atoms with van der Waals surface area (Å²) < 4.78 is 5.09. The number of hydrogen-bond donors (Lipinski definition) is 1. The average molecular weight is 292 g/mol. The lowest BCUT2D eigenvalue weighted by atomic mass is 10.1. The Morgan fingerprint density at radius 2 is 1.95 bits per heavy atom. The topological polar surface area (TPSA) is 24.5 Å². The number of nitrogens with one attached hydrogen (secondary N) is 1. The summed E-state index contributed by atoms with van der Waals surface area (Å²) in [5, 5.41) is 3.45. The molecule has 0 saturated heterocycles. The molecule has 0 aromatic heterocycles. The van der Waals surface area contributed by atoms with Gasteiger partial charge in [0.05, 0.1) is 6.61 Å². The molecule has 0 aliphatic carbocycles. The van der Waals surface area contributed by atoms with E-state index in [2.05, 4.69) is 55.3 Å². The molecule has 0 aliphatic rings. The van der Waals surface area contributed by atoms with E-state index in [1.807, 2.05) is 0 Å². The van der Waals surface area contributed by atoms with Gasteiger partial charge in [-0.25, -0.2) is 0 Å². The Kier molecular flexibility index (Phi) is 9.11. The van der Waals surface area contributed by atoms with E-state index < -0.39 is 0 Å². The molecular formula is C18H32N2O. The molecule has 0 atom stereocenters. The number of ether oxygens (including phenoxy) is 1. The highest BCUT2D eigenvalue weighted by Crippen LogP contribution is 2.23. The van der Waals surface area contributed by atoms with Crippen molar-refractivity contribution in [2.75, 3.05) is 31.7 Å². The fourth-order valence-corrected chi connectivity index (χ4v) is 2.53. The highest BCUT2D eigenvalue weighted by Gasteiger charge is 2.13. The monoisotopic (exact) mass is 292 g/mol. The number of methoxy groups -OCH3 is 1. The van der Waals surface area contributed by atoms with Crippen LogP contribution in [-0.4, -0.2) is 32.8 Å². The van der Waals surface area contributed by atoms with Crippen LogP contribution in [0.5, 0.6) is 0 Å². The number of nitrogens with zero attached hydrogens (tertiary/aromatic N) is 1. The zero-order chi connectivity index (χ0) is 15.5. The minimum Gasteiger partial charge on any atom is -0.383 e. The van der Waals surface area contributed by atoms with Crippen LogP contribution in [0.1, 0.15) is 45.6 Å². The van der Waals surface area contributed by atoms with Gasteiger partial charge in [-0.05, 0) is 31.9 Å². The SMILES string of the molecule is CCCCCN(c1ccccc1CNCCOC)C(C)C. The number of anilines is 1. The molecule has 0 spiro atoms. The average Bonchev–Trinajstić information content (AvgIpc) is 2.48. The molecule has 0 heterocycles. The van der Waals surface area contributed by atoms with Crippen LogP contribution in [0, 0.1) is 0 Å². The molecule has 1 N–H and O–H groups in total. The van der Waals surface area contributed by atoms with Crippen molar-refractivity contribution in [2.24, 2.45) is 0 Å². The fourth-order valence-electron chi connectivity index (χ4n) is 2.53. The molecule has 0 aliphatic heterocycles. The van der Waals surface area contributed by atoms with Crippen LogP contribution in [0.4, 0.5) is 5.69 Å². The maximum absolute atomic E-state index is 5.09. The van der Waals surface area contributed by atoms with E-state index in [0.29, 0.717) is 6.04 Å². The summed E-state index contributed by atoms with van der Waals surface area (Å²) in [6, 6.07) is 9.27. The van der Waals surface area contributed by atoms with Gasteiger partial charge < -0.3 is 15.0 Å². The summed E-state index contributed by atoms with van der Waals surface area (Å²) in [5.41, 5.74) is 2.74. The van der Waals surface area contributed by atoms with E-state index in [4.69, 9.17) is 4.74 Å². The van der Waals surface area contributed by atoms with Crippen LogP contribution in [0.2, 0.25) is 0 Å². The van der Waals surface area contributed by atoms with E-state index in [0.717, 1.165) is 26.2 Å². The third-order valence-electron chi connectivity index (χ3n) is 3.73. The predicted molar refractivity (Wildman–Crippen MR) is 92.0 cm³/mol. The third-order valence-corrected chi connectivity index (χ3v) is 3.73. The number of para-hydroxylation sites is 1. The largest absolute Gasteiger partial charge is 0.383 e. The molecule has 3 heteroatoms. The molecule has 3 nitrogen and oxygen atoms in total. The van der Waals surface area contributed by atoms with Crippen LogP contribution < -0.4 is 10.2 Å². The minimum atomic E-state index is 0.530. The maximum atomic E-state index is 5.09. The molecule has 1 aromatic rings. The lowest BCUT2D eigenvalue weighted by Crippen LogP contribution is -2.33. The normalized spacial score (nSPS) is 11.1. The van der Waals surface area contributed by atoms with Gasteiger partial charge in [0.2, 0.25) is 0 Å². The van der Waals surface area contributed by atoms with Gasteiger partial charge in [-0.2, -0.15) is 0 Å². The summed E-state index contributed by atoms with van der Waals surface area (Å²) in [4.78, 5) is 2.53. The van der Waals surface area contributed by atoms with Gasteiger partial charge in [0.1, 0.15) is 0 Å². The van der Waals surface area contributed by atoms with E-state index in [-0.39, 0.29) is 0 Å². The molecule has 0 radical (unpaired) electrons. The molecule has 1 rings (SSSR count). The number of unbranched alkanes of at least 4 members (excludes halogenated alkanes) is 2. The van der Waals surface area contributed by atoms with Crippen molar-refractivity contribution in [1.29, 1.82) is 0 Å². The molecule has 1 aromatic carbocycles. The second-order valence-electron chi connectivity index (χ2n) is 5.79. The van der Waals surface area contributed by atoms with Gasteiger partial charge in [-0.1, -0.05) is 38.0 Å². The summed E-state index contributed by atoms with van der Waals surface area (Å²) in [5.74, 6) is 0. The standard InChI is InChI=1S/C18H32N2O/c1-5-6-9-13-20(16(2)3)18-11-8-7-10-17(18)15-19-12-14-21-4/h7-8,10-11,16,19H,5-6,9,12-15H2,1-4H3. The van der Waals surface area contributed by atoms with Gasteiger partial charge in [0.25, 0.3) is 0 Å². The second-order valence-corrected chi connectivity index (χ2v) is 5.79. The van der Waals surface area contributed by atoms with Crippen molar-refractivity contribution in [2.45, 2.75) is 52.6 Å². The number of hydrogen-bond acceptors (Lipinski definition) is 3. The van der Waals surface area contributed by atoms with E-state index in [1.165, 1.54) is 30.5 Å². The lowest BCUT2D eigenvalue weighted by Gasteiger charge is -2.31. The molecule has 0 amide bonds. The molecule has 21 heavy (non-hydrogen) atoms. The molecule has 0 fully saturated rings. The summed E-state index contributed by atoms with van der Waals surface area (Å²) in [6.45, 7) is 10.5. The zero-order valence-electron chi connectivity index (χ0n) is 14.2. The molecule has 0 unspecified atom stereocenters. The Morgan fingerprint density at radius 1 is 1.19 bits per heavy atom. The summed E-state index contributed by atoms with van der Waals surface area (Å²) in [6.07, 6.45) is 3.84. The number of rotatable bonds is 11. The Morgan fingerprint density at radius 3 is 2.62 bits per heavy atom. The quantitative estimate of drug-likeness (QED) is 0.627. The first-order valence-corrected chi connectivity index (χ1v) is 8.24. The molecular weight excluding hydrogens is 260 g/mol. The molecule has 120 valence electrons. The first-order valence-electron chi connectivity index (χ1n) is 8.24. The van der Waals surface area contributed by atoms with Crippen molar-refractivity contribution in [3.8, 4) is 0 Å². The van der Waals surface area contributed by atoms with E-state index >= 15 is 0 Å². The highest BCUT2D eigenvalue weighted by molar-refractivity contribution is 5.54. The van der Waals surface area contributed by atoms with Gasteiger partial charge in [0, 0.05) is 38.5 Å². The van der Waals surface area contributed by atoms with Crippen molar-refractivity contribution >= 4 is 5.69 Å². The fraction of sp³-hybridized carbons (Fsp3) is 0.667. The highest BCUT2D eigenvalue weighted by atomic mass is 16.5. The van der Waals surface area contributed by atoms with Gasteiger partial charge in [0.15, 0.2) is 0 Å². The Labute approximate surface area is 130 Å². The van der Waals surface area contributed by atoms with Crippen LogP contribution in [0.15, 0.2) is 24.3 Å². The predicted octanol–water partition coefficient (Wildman–Crippen LogP) is 3.83. The van der Waals surface area contributed by atoms with Crippen molar-refractivity contribution in [3.05, 3.63) is 29.8 Å². The van der Waals surface area contributed by atoms with Crippen LogP contribution in [0.3, 0.4) is 0 Å². The first-order chi connectivity index (χ1) is 10.2. The van der Waals surface area contributed by atoms with Gasteiger partial charge in [-0.3, -0.25) is 0 Å². The van der Waals surface area contributed by atoms with Crippen molar-refractivity contribution in [1.82, 2.24) is 5.32 Å². The Bertz CT molecular complexity index is 379. The smallest absolute Gasteiger partial charge is 0.0587 e. The Hall–Kier alpha value is -1.06. The maximum Gasteiger partial charge on any atom is 0.0587 e. The third kappa shape index (κ3) is 6.49. The Balaban J connectivity index is 2.72. The van der Waals surface area contributed by atoms with Crippen molar-refractivity contribution in [3.63, 3.8) is 0 Å². The summed E-state index contributed by atoms with van der Waals surface area (Å²) >= 11 is 0. The van der Waals surface area contributed by atoms with Crippen LogP contribution in [0.25, 0.3) is 0 Å². The second kappa shape index (κ2) is 10.6. The van der Waals surface area contributed by atoms with Crippen LogP contribution >= 0.6 is 0 Å². The van der Waals surface area contributed by atoms with Crippen LogP contribution in [-0.2, 0) is 11.3 Å². The molecule has 0 bridgehead atoms. The first kappa shape index (κ1) is 18.0. The van der Waals surface area contributed by atoms with Gasteiger partial charge in [-0.15, -0.1) is 0 Å². The zero-order valence-corrected chi connectivity index (χ0v) is 14.2. The van der Waals surface area contributed by atoms with Crippen molar-refractivity contribution < 1.29 is 4.74 Å². The lowest BCUT2D eigenvalue weighted by molar-refractivity contribution is 0.199. The summed E-state index contributed by atoms with van der Waals surface area (Å²) in [7, 11) is 1.74. The molecule has 0 saturated carbocycles. The number of benzene rings is 1. The van der Waals surface area contributed by atoms with Gasteiger partial charge >= 0.3 is 0 Å². The minimum absolute atomic E-state index is 0.530.